The van der Waals surface area contributed by atoms with Gasteiger partial charge in [0.15, 0.2) is 0 Å². The van der Waals surface area contributed by atoms with E-state index in [4.69, 9.17) is 4.74 Å². The van der Waals surface area contributed by atoms with Crippen molar-refractivity contribution in [2.45, 2.75) is 50.9 Å². The second-order valence-electron chi connectivity index (χ2n) is 6.70. The van der Waals surface area contributed by atoms with E-state index >= 15 is 0 Å². The van der Waals surface area contributed by atoms with Gasteiger partial charge in [0.2, 0.25) is 0 Å². The lowest BCUT2D eigenvalue weighted by Crippen LogP contribution is -2.19. The highest BCUT2D eigenvalue weighted by molar-refractivity contribution is 9.10. The molecule has 4 heteroatoms. The maximum Gasteiger partial charge on any atom is 0.137 e. The van der Waals surface area contributed by atoms with E-state index in [1.807, 2.05) is 31.2 Å². The van der Waals surface area contributed by atoms with Gasteiger partial charge in [-0.1, -0.05) is 31.2 Å². The number of ether oxygens (including phenoxy) is 1. The normalized spacial score (nSPS) is 30.2. The number of aliphatic hydroxyl groups excluding tert-OH is 2. The fourth-order valence-corrected chi connectivity index (χ4v) is 4.16. The lowest BCUT2D eigenvalue weighted by molar-refractivity contribution is 0.134. The first-order chi connectivity index (χ1) is 11.5. The zero-order valence-corrected chi connectivity index (χ0v) is 15.5. The van der Waals surface area contributed by atoms with Crippen molar-refractivity contribution in [1.29, 1.82) is 0 Å². The molecule has 0 radical (unpaired) electrons. The fourth-order valence-electron chi connectivity index (χ4n) is 3.69. The molecule has 1 heterocycles. The standard InChI is InChI=1S/C20H23BrO3/c1-3-4-6-12(2)16(22)10-9-13-17(23)11-18-19(13)14-7-5-8-15(21)20(14)24-18/h5,7-10,12-13,16-19,22-23H,6,11H2,1-2H3/b10-9+. The molecule has 1 aliphatic carbocycles. The highest BCUT2D eigenvalue weighted by atomic mass is 79.9. The van der Waals surface area contributed by atoms with Gasteiger partial charge in [0.1, 0.15) is 11.9 Å². The Morgan fingerprint density at radius 1 is 1.46 bits per heavy atom. The predicted octanol–water partition coefficient (Wildman–Crippen LogP) is 3.64. The molecule has 6 atom stereocenters. The summed E-state index contributed by atoms with van der Waals surface area (Å²) in [6.07, 6.45) is 4.07. The van der Waals surface area contributed by atoms with Gasteiger partial charge in [0.25, 0.3) is 0 Å². The smallest absolute Gasteiger partial charge is 0.137 e. The summed E-state index contributed by atoms with van der Waals surface area (Å²) in [5, 5.41) is 20.7. The number of benzene rings is 1. The van der Waals surface area contributed by atoms with Crippen LogP contribution in [0.15, 0.2) is 34.8 Å². The second kappa shape index (κ2) is 7.31. The van der Waals surface area contributed by atoms with Gasteiger partial charge in [-0.2, -0.15) is 0 Å². The maximum absolute atomic E-state index is 10.4. The van der Waals surface area contributed by atoms with Gasteiger partial charge < -0.3 is 14.9 Å². The van der Waals surface area contributed by atoms with Gasteiger partial charge in [-0.25, -0.2) is 0 Å². The highest BCUT2D eigenvalue weighted by Gasteiger charge is 2.48. The van der Waals surface area contributed by atoms with Crippen LogP contribution in [0.4, 0.5) is 0 Å². The van der Waals surface area contributed by atoms with Crippen LogP contribution in [0.3, 0.4) is 0 Å². The van der Waals surface area contributed by atoms with E-state index in [2.05, 4.69) is 33.8 Å². The molecule has 0 saturated heterocycles. The fraction of sp³-hybridized carbons (Fsp3) is 0.500. The molecule has 0 bridgehead atoms. The minimum atomic E-state index is -0.554. The number of halogens is 1. The molecule has 0 spiro atoms. The van der Waals surface area contributed by atoms with Crippen molar-refractivity contribution in [3.05, 3.63) is 40.4 Å². The van der Waals surface area contributed by atoms with Crippen LogP contribution in [0, 0.1) is 23.7 Å². The van der Waals surface area contributed by atoms with E-state index in [1.54, 1.807) is 6.92 Å². The number of rotatable bonds is 4. The first kappa shape index (κ1) is 17.5. The third kappa shape index (κ3) is 3.26. The van der Waals surface area contributed by atoms with E-state index in [0.717, 1.165) is 15.8 Å². The number of hydrogen-bond donors (Lipinski definition) is 2. The molecule has 1 saturated carbocycles. The van der Waals surface area contributed by atoms with E-state index in [0.29, 0.717) is 12.8 Å². The first-order valence-electron chi connectivity index (χ1n) is 8.42. The van der Waals surface area contributed by atoms with Crippen LogP contribution in [0.2, 0.25) is 0 Å². The van der Waals surface area contributed by atoms with Gasteiger partial charge in [0, 0.05) is 30.2 Å². The van der Waals surface area contributed by atoms with Crippen molar-refractivity contribution in [2.24, 2.45) is 11.8 Å². The average molecular weight is 391 g/mol. The van der Waals surface area contributed by atoms with Crippen molar-refractivity contribution in [2.75, 3.05) is 0 Å². The molecule has 2 N–H and O–H groups in total. The Bertz CT molecular complexity index is 688. The summed E-state index contributed by atoms with van der Waals surface area (Å²) in [6, 6.07) is 6.04. The van der Waals surface area contributed by atoms with Gasteiger partial charge in [0.05, 0.1) is 16.7 Å². The van der Waals surface area contributed by atoms with Crippen LogP contribution >= 0.6 is 15.9 Å². The lowest BCUT2D eigenvalue weighted by Gasteiger charge is -2.19. The lowest BCUT2D eigenvalue weighted by atomic mass is 9.87. The Morgan fingerprint density at radius 3 is 3.00 bits per heavy atom. The maximum atomic E-state index is 10.4. The van der Waals surface area contributed by atoms with Gasteiger partial charge >= 0.3 is 0 Å². The molecule has 128 valence electrons. The van der Waals surface area contributed by atoms with E-state index in [1.165, 1.54) is 0 Å². The Morgan fingerprint density at radius 2 is 2.25 bits per heavy atom. The Labute approximate surface area is 151 Å². The zero-order valence-electron chi connectivity index (χ0n) is 13.9. The van der Waals surface area contributed by atoms with E-state index in [-0.39, 0.29) is 23.9 Å². The van der Waals surface area contributed by atoms with Crippen LogP contribution in [0.1, 0.15) is 38.2 Å². The minimum Gasteiger partial charge on any atom is -0.488 e. The molecule has 3 rings (SSSR count). The van der Waals surface area contributed by atoms with Crippen LogP contribution in [0.25, 0.3) is 0 Å². The number of aliphatic hydroxyl groups is 2. The van der Waals surface area contributed by atoms with Crippen molar-refractivity contribution in [1.82, 2.24) is 0 Å². The number of hydrogen-bond acceptors (Lipinski definition) is 3. The summed E-state index contributed by atoms with van der Waals surface area (Å²) in [5.74, 6) is 6.93. The Kier molecular flexibility index (Phi) is 5.34. The number of para-hydroxylation sites is 1. The molecule has 0 amide bonds. The van der Waals surface area contributed by atoms with E-state index < -0.39 is 12.2 Å². The van der Waals surface area contributed by atoms with Crippen LogP contribution in [-0.4, -0.2) is 28.5 Å². The second-order valence-corrected chi connectivity index (χ2v) is 7.56. The quantitative estimate of drug-likeness (QED) is 0.609. The van der Waals surface area contributed by atoms with Crippen molar-refractivity contribution in [3.63, 3.8) is 0 Å². The van der Waals surface area contributed by atoms with Gasteiger partial charge in [-0.15, -0.1) is 11.8 Å². The van der Waals surface area contributed by atoms with Crippen molar-refractivity contribution >= 4 is 15.9 Å². The SMILES string of the molecule is CC#CCC(C)C(O)/C=C/C1C(O)CC2Oc3c(Br)cccc3C21. The molecule has 0 aromatic heterocycles. The third-order valence-electron chi connectivity index (χ3n) is 5.07. The molecule has 1 aromatic rings. The summed E-state index contributed by atoms with van der Waals surface area (Å²) in [5.41, 5.74) is 1.14. The molecule has 6 unspecified atom stereocenters. The average Bonchev–Trinajstić information content (AvgIpc) is 3.06. The molecule has 24 heavy (non-hydrogen) atoms. The van der Waals surface area contributed by atoms with Gasteiger partial charge in [-0.3, -0.25) is 0 Å². The Balaban J connectivity index is 1.77. The predicted molar refractivity (Wildman–Crippen MR) is 97.8 cm³/mol. The molecule has 2 aliphatic rings. The third-order valence-corrected chi connectivity index (χ3v) is 5.70. The monoisotopic (exact) mass is 390 g/mol. The molecule has 1 fully saturated rings. The molecular formula is C20H23BrO3. The molecule has 1 aromatic carbocycles. The summed E-state index contributed by atoms with van der Waals surface area (Å²) >= 11 is 3.54. The summed E-state index contributed by atoms with van der Waals surface area (Å²) in [6.45, 7) is 3.79. The van der Waals surface area contributed by atoms with Crippen molar-refractivity contribution in [3.8, 4) is 17.6 Å². The van der Waals surface area contributed by atoms with Crippen LogP contribution < -0.4 is 4.74 Å². The zero-order chi connectivity index (χ0) is 17.3. The van der Waals surface area contributed by atoms with Crippen LogP contribution in [0.5, 0.6) is 5.75 Å². The van der Waals surface area contributed by atoms with Gasteiger partial charge in [-0.05, 0) is 34.8 Å². The summed E-state index contributed by atoms with van der Waals surface area (Å²) in [4.78, 5) is 0. The Hall–Kier alpha value is -1.28. The summed E-state index contributed by atoms with van der Waals surface area (Å²) < 4.78 is 7.01. The molecule has 1 aliphatic heterocycles. The largest absolute Gasteiger partial charge is 0.488 e. The van der Waals surface area contributed by atoms with Crippen molar-refractivity contribution < 1.29 is 14.9 Å². The molecule has 3 nitrogen and oxygen atoms in total. The molecular weight excluding hydrogens is 368 g/mol. The minimum absolute atomic E-state index is 0.00359. The van der Waals surface area contributed by atoms with Crippen LogP contribution in [-0.2, 0) is 0 Å². The topological polar surface area (TPSA) is 49.7 Å². The highest BCUT2D eigenvalue weighted by Crippen LogP contribution is 2.52. The first-order valence-corrected chi connectivity index (χ1v) is 9.21. The number of fused-ring (bicyclic) bond motifs is 3. The van der Waals surface area contributed by atoms with E-state index in [9.17, 15) is 10.2 Å². The summed E-state index contributed by atoms with van der Waals surface area (Å²) in [7, 11) is 0.